The van der Waals surface area contributed by atoms with Crippen LogP contribution < -0.4 is 4.90 Å². The predicted molar refractivity (Wildman–Crippen MR) is 94.5 cm³/mol. The summed E-state index contributed by atoms with van der Waals surface area (Å²) >= 11 is 0. The van der Waals surface area contributed by atoms with Crippen LogP contribution in [0.3, 0.4) is 0 Å². The van der Waals surface area contributed by atoms with E-state index in [4.69, 9.17) is 4.74 Å². The fraction of sp³-hybridized carbons (Fsp3) is 0.474. The Kier molecular flexibility index (Phi) is 4.10. The van der Waals surface area contributed by atoms with Gasteiger partial charge in [0, 0.05) is 37.8 Å². The molecule has 2 aromatic rings. The van der Waals surface area contributed by atoms with E-state index in [0.717, 1.165) is 35.2 Å². The van der Waals surface area contributed by atoms with Crippen LogP contribution in [0.4, 0.5) is 5.69 Å². The van der Waals surface area contributed by atoms with Gasteiger partial charge in [0.05, 0.1) is 29.5 Å². The van der Waals surface area contributed by atoms with E-state index in [1.165, 1.54) is 12.8 Å². The number of aromatic nitrogens is 1. The molecule has 4 rings (SSSR count). The highest BCUT2D eigenvalue weighted by Gasteiger charge is 2.28. The molecule has 2 aliphatic rings. The summed E-state index contributed by atoms with van der Waals surface area (Å²) in [6.45, 7) is 5.93. The normalized spacial score (nSPS) is 21.5. The number of carbonyl (C=O) groups is 1. The monoisotopic (exact) mass is 325 g/mol. The molecule has 1 aromatic carbocycles. The summed E-state index contributed by atoms with van der Waals surface area (Å²) in [5.74, 6) is 0.0744. The van der Waals surface area contributed by atoms with E-state index in [1.54, 1.807) is 6.20 Å². The second kappa shape index (κ2) is 6.40. The number of benzene rings is 1. The third-order valence-corrected chi connectivity index (χ3v) is 4.93. The smallest absolute Gasteiger partial charge is 0.257 e. The molecular formula is C19H23N3O2. The van der Waals surface area contributed by atoms with Gasteiger partial charge in [-0.05, 0) is 25.8 Å². The van der Waals surface area contributed by atoms with Crippen LogP contribution in [-0.4, -0.2) is 54.7 Å². The minimum absolute atomic E-state index is 0.0744. The number of nitrogens with zero attached hydrogens (tertiary/aromatic N) is 3. The first-order valence-electron chi connectivity index (χ1n) is 8.77. The Morgan fingerprint density at radius 1 is 1.21 bits per heavy atom. The average Bonchev–Trinajstić information content (AvgIpc) is 3.14. The summed E-state index contributed by atoms with van der Waals surface area (Å²) in [6.07, 6.45) is 4.21. The third kappa shape index (κ3) is 2.73. The molecule has 0 aliphatic carbocycles. The molecule has 0 unspecified atom stereocenters. The molecule has 1 amide bonds. The van der Waals surface area contributed by atoms with Gasteiger partial charge >= 0.3 is 0 Å². The molecule has 0 saturated carbocycles. The van der Waals surface area contributed by atoms with Crippen molar-refractivity contribution in [2.75, 3.05) is 37.7 Å². The first-order valence-corrected chi connectivity index (χ1v) is 8.77. The van der Waals surface area contributed by atoms with Crippen molar-refractivity contribution in [3.63, 3.8) is 0 Å². The summed E-state index contributed by atoms with van der Waals surface area (Å²) in [6, 6.07) is 8.11. The Morgan fingerprint density at radius 3 is 2.79 bits per heavy atom. The molecule has 126 valence electrons. The Balaban J connectivity index is 1.79. The summed E-state index contributed by atoms with van der Waals surface area (Å²) in [7, 11) is 0. The second-order valence-corrected chi connectivity index (χ2v) is 6.66. The van der Waals surface area contributed by atoms with Crippen LogP contribution in [0.5, 0.6) is 0 Å². The van der Waals surface area contributed by atoms with Crippen molar-refractivity contribution >= 4 is 22.5 Å². The SMILES string of the molecule is C[C@H]1CN(C(=O)c2cnc3ccccc3c2N2CCCC2)CCO1. The fourth-order valence-electron chi connectivity index (χ4n) is 3.74. The van der Waals surface area contributed by atoms with Gasteiger partial charge < -0.3 is 14.5 Å². The predicted octanol–water partition coefficient (Wildman–Crippen LogP) is 2.70. The average molecular weight is 325 g/mol. The van der Waals surface area contributed by atoms with Crippen molar-refractivity contribution < 1.29 is 9.53 Å². The van der Waals surface area contributed by atoms with Crippen LogP contribution >= 0.6 is 0 Å². The van der Waals surface area contributed by atoms with E-state index in [2.05, 4.69) is 16.0 Å². The minimum atomic E-state index is 0.0744. The van der Waals surface area contributed by atoms with E-state index >= 15 is 0 Å². The van der Waals surface area contributed by atoms with Crippen molar-refractivity contribution in [1.82, 2.24) is 9.88 Å². The highest BCUT2D eigenvalue weighted by molar-refractivity contribution is 6.07. The molecule has 5 nitrogen and oxygen atoms in total. The number of para-hydroxylation sites is 1. The highest BCUT2D eigenvalue weighted by Crippen LogP contribution is 2.33. The number of pyridine rings is 1. The molecule has 1 aromatic heterocycles. The first kappa shape index (κ1) is 15.4. The van der Waals surface area contributed by atoms with E-state index in [0.29, 0.717) is 19.7 Å². The maximum absolute atomic E-state index is 13.2. The topological polar surface area (TPSA) is 45.7 Å². The fourth-order valence-corrected chi connectivity index (χ4v) is 3.74. The van der Waals surface area contributed by atoms with Gasteiger partial charge in [0.2, 0.25) is 0 Å². The third-order valence-electron chi connectivity index (χ3n) is 4.93. The van der Waals surface area contributed by atoms with Gasteiger partial charge in [-0.25, -0.2) is 0 Å². The number of carbonyl (C=O) groups excluding carboxylic acids is 1. The van der Waals surface area contributed by atoms with E-state index in [-0.39, 0.29) is 12.0 Å². The molecule has 2 fully saturated rings. The number of morpholine rings is 1. The van der Waals surface area contributed by atoms with Crippen molar-refractivity contribution in [3.05, 3.63) is 36.0 Å². The van der Waals surface area contributed by atoms with Gasteiger partial charge in [-0.15, -0.1) is 0 Å². The van der Waals surface area contributed by atoms with E-state index in [1.807, 2.05) is 30.0 Å². The Labute approximate surface area is 142 Å². The molecule has 3 heterocycles. The van der Waals surface area contributed by atoms with Crippen molar-refractivity contribution in [2.24, 2.45) is 0 Å². The lowest BCUT2D eigenvalue weighted by molar-refractivity contribution is -0.0124. The van der Waals surface area contributed by atoms with E-state index in [9.17, 15) is 4.79 Å². The van der Waals surface area contributed by atoms with E-state index < -0.39 is 0 Å². The van der Waals surface area contributed by atoms with Crippen molar-refractivity contribution in [1.29, 1.82) is 0 Å². The van der Waals surface area contributed by atoms with Gasteiger partial charge in [0.15, 0.2) is 0 Å². The molecule has 1 atom stereocenters. The number of ether oxygens (including phenoxy) is 1. The number of fused-ring (bicyclic) bond motifs is 1. The van der Waals surface area contributed by atoms with Gasteiger partial charge in [0.1, 0.15) is 0 Å². The Morgan fingerprint density at radius 2 is 2.00 bits per heavy atom. The summed E-state index contributed by atoms with van der Waals surface area (Å²) in [4.78, 5) is 22.0. The molecule has 0 radical (unpaired) electrons. The number of amides is 1. The van der Waals surface area contributed by atoms with Crippen molar-refractivity contribution in [2.45, 2.75) is 25.9 Å². The maximum atomic E-state index is 13.2. The molecule has 24 heavy (non-hydrogen) atoms. The lowest BCUT2D eigenvalue weighted by Crippen LogP contribution is -2.45. The lowest BCUT2D eigenvalue weighted by atomic mass is 10.1. The van der Waals surface area contributed by atoms with Crippen LogP contribution in [0.15, 0.2) is 30.5 Å². The minimum Gasteiger partial charge on any atom is -0.375 e. The standard InChI is InChI=1S/C19H23N3O2/c1-14-13-22(10-11-24-14)19(23)16-12-20-17-7-3-2-6-15(17)18(16)21-8-4-5-9-21/h2-3,6-7,12,14H,4-5,8-11,13H2,1H3/t14-/m0/s1. The zero-order chi connectivity index (χ0) is 16.5. The zero-order valence-electron chi connectivity index (χ0n) is 14.1. The van der Waals surface area contributed by atoms with Crippen LogP contribution in [0.25, 0.3) is 10.9 Å². The quantitative estimate of drug-likeness (QED) is 0.852. The highest BCUT2D eigenvalue weighted by atomic mass is 16.5. The van der Waals surface area contributed by atoms with Gasteiger partial charge in [0.25, 0.3) is 5.91 Å². The summed E-state index contributed by atoms with van der Waals surface area (Å²) < 4.78 is 5.57. The van der Waals surface area contributed by atoms with Crippen LogP contribution in [0.1, 0.15) is 30.1 Å². The Hall–Kier alpha value is -2.14. The second-order valence-electron chi connectivity index (χ2n) is 6.66. The molecule has 2 saturated heterocycles. The van der Waals surface area contributed by atoms with Gasteiger partial charge in [-0.1, -0.05) is 18.2 Å². The largest absolute Gasteiger partial charge is 0.375 e. The van der Waals surface area contributed by atoms with Gasteiger partial charge in [-0.2, -0.15) is 0 Å². The number of rotatable bonds is 2. The summed E-state index contributed by atoms with van der Waals surface area (Å²) in [5, 5.41) is 1.08. The Bertz CT molecular complexity index is 755. The number of anilines is 1. The maximum Gasteiger partial charge on any atom is 0.257 e. The molecule has 0 spiro atoms. The molecule has 2 aliphatic heterocycles. The molecule has 5 heteroatoms. The van der Waals surface area contributed by atoms with Crippen LogP contribution in [0, 0.1) is 0 Å². The molecule has 0 N–H and O–H groups in total. The molecule has 0 bridgehead atoms. The van der Waals surface area contributed by atoms with Crippen molar-refractivity contribution in [3.8, 4) is 0 Å². The first-order chi connectivity index (χ1) is 11.7. The lowest BCUT2D eigenvalue weighted by Gasteiger charge is -2.32. The zero-order valence-corrected chi connectivity index (χ0v) is 14.1. The summed E-state index contributed by atoms with van der Waals surface area (Å²) in [5.41, 5.74) is 2.73. The van der Waals surface area contributed by atoms with Crippen LogP contribution in [0.2, 0.25) is 0 Å². The number of hydrogen-bond acceptors (Lipinski definition) is 4. The van der Waals surface area contributed by atoms with Crippen LogP contribution in [-0.2, 0) is 4.74 Å². The van der Waals surface area contributed by atoms with Gasteiger partial charge in [-0.3, -0.25) is 9.78 Å². The molecular weight excluding hydrogens is 302 g/mol. The number of hydrogen-bond donors (Lipinski definition) is 0.